The largest absolute Gasteiger partial charge is 0.378 e. The van der Waals surface area contributed by atoms with Crippen molar-refractivity contribution in [3.8, 4) is 0 Å². The Morgan fingerprint density at radius 3 is 2.50 bits per heavy atom. The van der Waals surface area contributed by atoms with Crippen LogP contribution in [-0.2, 0) is 26.1 Å². The Bertz CT molecular complexity index is 2510. The van der Waals surface area contributed by atoms with Crippen LogP contribution in [-0.4, -0.2) is 128 Å². The van der Waals surface area contributed by atoms with E-state index >= 15 is 0 Å². The van der Waals surface area contributed by atoms with Crippen molar-refractivity contribution in [3.05, 3.63) is 64.6 Å². The van der Waals surface area contributed by atoms with Crippen molar-refractivity contribution >= 4 is 51.6 Å². The number of para-hydroxylation sites is 1. The molecule has 1 atom stereocenters. The van der Waals surface area contributed by atoms with E-state index < -0.39 is 30.0 Å². The van der Waals surface area contributed by atoms with E-state index in [9.17, 15) is 28.0 Å². The average molecular weight is 859 g/mol. The monoisotopic (exact) mass is 858 g/mol. The number of hydrogen-bond acceptors (Lipinski definition) is 12. The average Bonchev–Trinajstić information content (AvgIpc) is 3.95. The maximum absolute atomic E-state index is 13.6. The number of benzene rings is 1. The van der Waals surface area contributed by atoms with Gasteiger partial charge in [-0.3, -0.25) is 33.5 Å². The number of aromatic nitrogens is 7. The van der Waals surface area contributed by atoms with Gasteiger partial charge in [0.05, 0.1) is 60.6 Å². The smallest absolute Gasteiger partial charge is 0.329 e. The van der Waals surface area contributed by atoms with Crippen molar-refractivity contribution in [1.29, 1.82) is 0 Å². The molecule has 4 aromatic heterocycles. The Labute approximate surface area is 355 Å². The first kappa shape index (κ1) is 41.6. The van der Waals surface area contributed by atoms with Crippen LogP contribution in [0, 0.1) is 5.92 Å². The Hall–Kier alpha value is -5.73. The van der Waals surface area contributed by atoms with E-state index in [1.165, 1.54) is 21.5 Å². The number of rotatable bonds is 10. The molecule has 1 aromatic carbocycles. The minimum atomic E-state index is -2.79. The van der Waals surface area contributed by atoms with Gasteiger partial charge in [0.2, 0.25) is 11.8 Å². The number of amides is 3. The molecular weight excluding hydrogens is 807 g/mol. The number of anilines is 3. The Morgan fingerprint density at radius 2 is 1.77 bits per heavy atom. The molecule has 4 saturated heterocycles. The summed E-state index contributed by atoms with van der Waals surface area (Å²) in [5, 5.41) is 13.3. The van der Waals surface area contributed by atoms with Crippen molar-refractivity contribution in [3.63, 3.8) is 0 Å². The van der Waals surface area contributed by atoms with Gasteiger partial charge in [0.25, 0.3) is 12.3 Å². The van der Waals surface area contributed by atoms with Crippen LogP contribution in [0.4, 0.5) is 26.0 Å². The Kier molecular flexibility index (Phi) is 11.8. The van der Waals surface area contributed by atoms with Gasteiger partial charge in [-0.1, -0.05) is 25.3 Å². The third-order valence-electron chi connectivity index (χ3n) is 12.6. The highest BCUT2D eigenvalue weighted by molar-refractivity contribution is 6.08. The molecular formula is C42H52F2N12O6. The van der Waals surface area contributed by atoms with Gasteiger partial charge in [0, 0.05) is 71.0 Å². The fourth-order valence-electron chi connectivity index (χ4n) is 9.17. The van der Waals surface area contributed by atoms with E-state index in [0.717, 1.165) is 81.6 Å². The highest BCUT2D eigenvalue weighted by Gasteiger charge is 2.35. The van der Waals surface area contributed by atoms with Crippen molar-refractivity contribution in [2.24, 2.45) is 13.0 Å². The topological polar surface area (TPSA) is 178 Å². The molecule has 3 amide bonds. The zero-order valence-electron chi connectivity index (χ0n) is 34.9. The number of fused-ring (bicyclic) bond motifs is 2. The number of likely N-dealkylation sites (tertiary alicyclic amines) is 1. The number of imidazole rings is 1. The van der Waals surface area contributed by atoms with Crippen LogP contribution < -0.4 is 26.1 Å². The van der Waals surface area contributed by atoms with E-state index in [2.05, 4.69) is 47.6 Å². The number of alkyl halides is 2. The summed E-state index contributed by atoms with van der Waals surface area (Å²) in [7, 11) is 3.83. The number of nitrogens with zero attached hydrogens (tertiary/aromatic N) is 10. The molecule has 0 bridgehead atoms. The van der Waals surface area contributed by atoms with Gasteiger partial charge in [0.1, 0.15) is 17.4 Å². The first-order valence-electron chi connectivity index (χ1n) is 21.5. The van der Waals surface area contributed by atoms with Gasteiger partial charge in [-0.15, -0.1) is 0 Å². The van der Waals surface area contributed by atoms with Crippen LogP contribution >= 0.6 is 0 Å². The lowest BCUT2D eigenvalue weighted by atomic mass is 9.96. The van der Waals surface area contributed by atoms with Crippen LogP contribution in [0.5, 0.6) is 0 Å². The second-order valence-electron chi connectivity index (χ2n) is 16.9. The van der Waals surface area contributed by atoms with Gasteiger partial charge in [0.15, 0.2) is 11.3 Å². The third-order valence-corrected chi connectivity index (χ3v) is 12.6. The molecule has 5 aliphatic rings. The number of imide groups is 1. The molecule has 5 aromatic rings. The molecule has 330 valence electrons. The summed E-state index contributed by atoms with van der Waals surface area (Å²) in [6, 6.07) is 7.07. The molecule has 1 unspecified atom stereocenters. The molecule has 1 aliphatic carbocycles. The number of halogens is 2. The predicted molar refractivity (Wildman–Crippen MR) is 225 cm³/mol. The summed E-state index contributed by atoms with van der Waals surface area (Å²) in [4.78, 5) is 61.1. The molecule has 0 spiro atoms. The van der Waals surface area contributed by atoms with Gasteiger partial charge >= 0.3 is 5.69 Å². The second-order valence-corrected chi connectivity index (χ2v) is 16.9. The molecule has 0 radical (unpaired) electrons. The predicted octanol–water partition coefficient (Wildman–Crippen LogP) is 3.54. The summed E-state index contributed by atoms with van der Waals surface area (Å²) < 4.78 is 44.9. The quantitative estimate of drug-likeness (QED) is 0.196. The standard InChI is InChI=1S/C21H25F2N7O2.C21H27N5O4/c22-19(23)18-16(13-30(27-18)14-4-2-1-3-5-14)25-21(31)15-12-24-29-7-6-17(26-20(15)29)28-8-10-32-11-9-28;1-23-10-14(11-23)30-12-13-8-25(9-13)15-4-3-5-16-19(15)24(2)21(29)26(16)17-6-7-18(27)22-20(17)28/h6-7,12-14,19H,1-5,8-11H2,(H,25,31);3-5,13-14,17H,6-12H2,1-2H3,(H,22,27,28). The van der Waals surface area contributed by atoms with E-state index in [4.69, 9.17) is 9.47 Å². The first-order valence-corrected chi connectivity index (χ1v) is 21.5. The van der Waals surface area contributed by atoms with Crippen LogP contribution in [0.25, 0.3) is 16.7 Å². The number of morpholine rings is 1. The van der Waals surface area contributed by atoms with Gasteiger partial charge in [-0.2, -0.15) is 10.2 Å². The number of likely N-dealkylation sites (N-methyl/N-ethyl adjacent to an activating group) is 1. The fraction of sp³-hybridized carbons (Fsp3) is 0.548. The zero-order chi connectivity index (χ0) is 43.1. The molecule has 8 heterocycles. The van der Waals surface area contributed by atoms with Crippen molar-refractivity contribution in [2.75, 3.05) is 81.3 Å². The summed E-state index contributed by atoms with van der Waals surface area (Å²) >= 11 is 0. The Balaban J connectivity index is 0.000000158. The molecule has 10 rings (SSSR count). The van der Waals surface area contributed by atoms with E-state index in [0.29, 0.717) is 56.2 Å². The maximum atomic E-state index is 13.6. The van der Waals surface area contributed by atoms with E-state index in [1.807, 2.05) is 24.3 Å². The number of nitrogens with one attached hydrogen (secondary N) is 2. The normalized spacial score (nSPS) is 20.6. The van der Waals surface area contributed by atoms with Crippen molar-refractivity contribution < 1.29 is 32.6 Å². The molecule has 4 aliphatic heterocycles. The summed E-state index contributed by atoms with van der Waals surface area (Å²) in [5.74, 6) is -0.0347. The lowest BCUT2D eigenvalue weighted by Gasteiger charge is -2.43. The molecule has 5 fully saturated rings. The fourth-order valence-corrected chi connectivity index (χ4v) is 9.17. The lowest BCUT2D eigenvalue weighted by molar-refractivity contribution is -0.135. The van der Waals surface area contributed by atoms with E-state index in [1.54, 1.807) is 22.5 Å². The zero-order valence-corrected chi connectivity index (χ0v) is 34.9. The molecule has 62 heavy (non-hydrogen) atoms. The van der Waals surface area contributed by atoms with Crippen molar-refractivity contribution in [2.45, 2.75) is 69.6 Å². The second kappa shape index (κ2) is 17.6. The summed E-state index contributed by atoms with van der Waals surface area (Å²) in [6.07, 6.45) is 7.86. The minimum absolute atomic E-state index is 0.0271. The van der Waals surface area contributed by atoms with Crippen LogP contribution in [0.2, 0.25) is 0 Å². The first-order chi connectivity index (χ1) is 30.0. The lowest BCUT2D eigenvalue weighted by Crippen LogP contribution is -2.53. The maximum Gasteiger partial charge on any atom is 0.329 e. The van der Waals surface area contributed by atoms with E-state index in [-0.39, 0.29) is 35.3 Å². The van der Waals surface area contributed by atoms with Crippen molar-refractivity contribution in [1.82, 2.24) is 43.7 Å². The van der Waals surface area contributed by atoms with Gasteiger partial charge in [-0.25, -0.2) is 23.1 Å². The number of ether oxygens (including phenoxy) is 2. The number of carbonyl (C=O) groups is 3. The molecule has 1 saturated carbocycles. The third kappa shape index (κ3) is 8.29. The SMILES string of the molecule is CN1CC(OCC2CN(c3cccc4c3n(C)c(=O)n4C3CCC(=O)NC3=O)C2)C1.O=C(Nc1cn(C2CCCCC2)nc1C(F)F)c1cnn2ccc(N3CCOCC3)nc12. The van der Waals surface area contributed by atoms with Crippen LogP contribution in [0.3, 0.4) is 0 Å². The van der Waals surface area contributed by atoms with Crippen LogP contribution in [0.15, 0.2) is 47.7 Å². The van der Waals surface area contributed by atoms with Gasteiger partial charge in [-0.05, 0) is 44.5 Å². The number of piperidine rings is 1. The molecule has 18 nitrogen and oxygen atoms in total. The summed E-state index contributed by atoms with van der Waals surface area (Å²) in [5.41, 5.74) is 2.51. The van der Waals surface area contributed by atoms with Gasteiger partial charge < -0.3 is 29.5 Å². The number of hydrogen-bond donors (Lipinski definition) is 2. The minimum Gasteiger partial charge on any atom is -0.378 e. The summed E-state index contributed by atoms with van der Waals surface area (Å²) in [6.45, 7) is 7.19. The highest BCUT2D eigenvalue weighted by atomic mass is 19.3. The Morgan fingerprint density at radius 1 is 1.00 bits per heavy atom. The number of aryl methyl sites for hydroxylation is 1. The molecule has 20 heteroatoms. The van der Waals surface area contributed by atoms with Crippen LogP contribution in [0.1, 0.15) is 79.5 Å². The highest BCUT2D eigenvalue weighted by Crippen LogP contribution is 2.35. The molecule has 2 N–H and O–H groups in total. The number of carbonyl (C=O) groups excluding carboxylic acids is 3.